The van der Waals surface area contributed by atoms with Gasteiger partial charge in [0, 0.05) is 31.7 Å². The fourth-order valence-electron chi connectivity index (χ4n) is 3.38. The zero-order valence-electron chi connectivity index (χ0n) is 17.4. The summed E-state index contributed by atoms with van der Waals surface area (Å²) in [5, 5.41) is 4.42. The van der Waals surface area contributed by atoms with Crippen LogP contribution in [0.3, 0.4) is 0 Å². The number of aryl methyl sites for hydroxylation is 1. The molecule has 1 aromatic carbocycles. The number of hydrogen-bond donors (Lipinski definition) is 1. The maximum atomic E-state index is 12.8. The Morgan fingerprint density at radius 2 is 1.90 bits per heavy atom. The van der Waals surface area contributed by atoms with Gasteiger partial charge in [0.05, 0.1) is 17.4 Å². The molecule has 2 N–H and O–H groups in total. The Labute approximate surface area is 171 Å². The first-order chi connectivity index (χ1) is 13.8. The van der Waals surface area contributed by atoms with Gasteiger partial charge in [0.25, 0.3) is 0 Å². The Hall–Kier alpha value is -2.87. The van der Waals surface area contributed by atoms with E-state index in [0.717, 1.165) is 11.4 Å². The maximum absolute atomic E-state index is 12.8. The number of benzene rings is 1. The van der Waals surface area contributed by atoms with Crippen molar-refractivity contribution in [3.05, 3.63) is 42.1 Å². The summed E-state index contributed by atoms with van der Waals surface area (Å²) in [5.74, 6) is 0.365. The van der Waals surface area contributed by atoms with E-state index in [1.54, 1.807) is 20.5 Å². The van der Waals surface area contributed by atoms with Crippen LogP contribution < -0.4 is 10.5 Å². The minimum atomic E-state index is -0.529. The molecule has 1 aliphatic heterocycles. The minimum Gasteiger partial charge on any atom is -0.391 e. The Morgan fingerprint density at radius 3 is 2.52 bits per heavy atom. The Balaban J connectivity index is 1.67. The van der Waals surface area contributed by atoms with Crippen molar-refractivity contribution < 1.29 is 14.3 Å². The highest BCUT2D eigenvalue weighted by Gasteiger charge is 2.34. The van der Waals surface area contributed by atoms with Crippen LogP contribution in [-0.2, 0) is 4.79 Å². The molecule has 1 saturated heterocycles. The van der Waals surface area contributed by atoms with Gasteiger partial charge in [-0.1, -0.05) is 32.0 Å². The van der Waals surface area contributed by atoms with Crippen LogP contribution in [0.25, 0.3) is 5.69 Å². The average Bonchev–Trinajstić information content (AvgIpc) is 3.07. The normalized spacial score (nSPS) is 18.1. The lowest BCUT2D eigenvalue weighted by molar-refractivity contribution is -0.137. The third-order valence-electron chi connectivity index (χ3n) is 5.16. The summed E-state index contributed by atoms with van der Waals surface area (Å²) in [6.45, 7) is 8.86. The molecule has 3 rings (SSSR count). The first kappa shape index (κ1) is 20.9. The van der Waals surface area contributed by atoms with E-state index >= 15 is 0 Å². The summed E-state index contributed by atoms with van der Waals surface area (Å²) < 4.78 is 7.26. The smallest absolute Gasteiger partial charge is 0.391 e. The van der Waals surface area contributed by atoms with E-state index in [0.29, 0.717) is 25.5 Å². The molecule has 2 amide bonds. The molecule has 8 nitrogen and oxygen atoms in total. The van der Waals surface area contributed by atoms with Crippen LogP contribution in [0, 0.1) is 12.8 Å². The van der Waals surface area contributed by atoms with E-state index in [9.17, 15) is 9.59 Å². The fraction of sp³-hybridized carbons (Fsp3) is 0.476. The van der Waals surface area contributed by atoms with Gasteiger partial charge < -0.3 is 20.3 Å². The van der Waals surface area contributed by atoms with Gasteiger partial charge in [0.1, 0.15) is 0 Å². The topological polar surface area (TPSA) is 93.7 Å². The van der Waals surface area contributed by atoms with Crippen molar-refractivity contribution in [1.29, 1.82) is 0 Å². The summed E-state index contributed by atoms with van der Waals surface area (Å²) in [4.78, 5) is 28.7. The van der Waals surface area contributed by atoms with Crippen molar-refractivity contribution in [1.82, 2.24) is 19.6 Å². The molecule has 0 spiro atoms. The average molecular weight is 399 g/mol. The van der Waals surface area contributed by atoms with E-state index in [4.69, 9.17) is 10.5 Å². The largest absolute Gasteiger partial charge is 0.416 e. The SMILES string of the molecule is Cc1cc(OC(=O)N2CCN(C(=O)[C@@H](N)C(C)C)[C@@H](C)C2)n(-c2ccccc2)n1. The predicted molar refractivity (Wildman–Crippen MR) is 110 cm³/mol. The van der Waals surface area contributed by atoms with E-state index in [1.807, 2.05) is 58.0 Å². The highest BCUT2D eigenvalue weighted by Crippen LogP contribution is 2.21. The molecule has 156 valence electrons. The summed E-state index contributed by atoms with van der Waals surface area (Å²) in [5.41, 5.74) is 7.59. The van der Waals surface area contributed by atoms with Crippen LogP contribution in [0.5, 0.6) is 5.88 Å². The number of carbonyl (C=O) groups is 2. The molecule has 2 atom stereocenters. The number of para-hydroxylation sites is 1. The summed E-state index contributed by atoms with van der Waals surface area (Å²) in [6, 6.07) is 10.6. The van der Waals surface area contributed by atoms with Gasteiger partial charge in [-0.15, -0.1) is 0 Å². The number of amides is 2. The molecule has 0 bridgehead atoms. The molecule has 1 aliphatic rings. The fourth-order valence-corrected chi connectivity index (χ4v) is 3.38. The van der Waals surface area contributed by atoms with Gasteiger partial charge >= 0.3 is 6.09 Å². The van der Waals surface area contributed by atoms with E-state index in [1.165, 1.54) is 0 Å². The number of nitrogens with zero attached hydrogens (tertiary/aromatic N) is 4. The number of carbonyl (C=O) groups excluding carboxylic acids is 2. The van der Waals surface area contributed by atoms with Gasteiger partial charge in [-0.2, -0.15) is 5.10 Å². The van der Waals surface area contributed by atoms with Crippen LogP contribution in [0.15, 0.2) is 36.4 Å². The molecular formula is C21H29N5O3. The van der Waals surface area contributed by atoms with Gasteiger partial charge in [-0.05, 0) is 31.9 Å². The molecule has 2 heterocycles. The van der Waals surface area contributed by atoms with Crippen LogP contribution in [0.4, 0.5) is 4.79 Å². The van der Waals surface area contributed by atoms with Crippen molar-refractivity contribution in [2.75, 3.05) is 19.6 Å². The van der Waals surface area contributed by atoms with Crippen molar-refractivity contribution in [3.63, 3.8) is 0 Å². The zero-order valence-corrected chi connectivity index (χ0v) is 17.4. The third kappa shape index (κ3) is 4.59. The van der Waals surface area contributed by atoms with Gasteiger partial charge in [-0.25, -0.2) is 9.48 Å². The molecule has 2 aromatic rings. The van der Waals surface area contributed by atoms with E-state index in [2.05, 4.69) is 5.10 Å². The monoisotopic (exact) mass is 399 g/mol. The molecule has 0 radical (unpaired) electrons. The Bertz CT molecular complexity index is 864. The quantitative estimate of drug-likeness (QED) is 0.851. The van der Waals surface area contributed by atoms with Crippen molar-refractivity contribution in [2.24, 2.45) is 11.7 Å². The number of piperazine rings is 1. The molecule has 0 saturated carbocycles. The summed E-state index contributed by atoms with van der Waals surface area (Å²) in [6.07, 6.45) is -0.450. The zero-order chi connectivity index (χ0) is 21.1. The Kier molecular flexibility index (Phi) is 6.22. The second-order valence-electron chi connectivity index (χ2n) is 7.84. The lowest BCUT2D eigenvalue weighted by Crippen LogP contribution is -2.59. The molecule has 0 aliphatic carbocycles. The number of hydrogen-bond acceptors (Lipinski definition) is 5. The van der Waals surface area contributed by atoms with Crippen LogP contribution in [0.1, 0.15) is 26.5 Å². The molecule has 8 heteroatoms. The first-order valence-electron chi connectivity index (χ1n) is 9.93. The molecule has 1 aromatic heterocycles. The highest BCUT2D eigenvalue weighted by molar-refractivity contribution is 5.82. The number of ether oxygens (including phenoxy) is 1. The van der Waals surface area contributed by atoms with Crippen LogP contribution >= 0.6 is 0 Å². The van der Waals surface area contributed by atoms with Crippen LogP contribution in [-0.4, -0.2) is 63.3 Å². The number of aromatic nitrogens is 2. The highest BCUT2D eigenvalue weighted by atomic mass is 16.6. The number of nitrogens with two attached hydrogens (primary N) is 1. The van der Waals surface area contributed by atoms with E-state index < -0.39 is 12.1 Å². The van der Waals surface area contributed by atoms with Crippen molar-refractivity contribution >= 4 is 12.0 Å². The number of rotatable bonds is 4. The second kappa shape index (κ2) is 8.65. The van der Waals surface area contributed by atoms with E-state index in [-0.39, 0.29) is 17.9 Å². The third-order valence-corrected chi connectivity index (χ3v) is 5.16. The standard InChI is InChI=1S/C21H29N5O3/c1-14(2)19(22)20(27)25-11-10-24(13-16(25)4)21(28)29-18-12-15(3)23-26(18)17-8-6-5-7-9-17/h5-9,12,14,16,19H,10-11,13,22H2,1-4H3/t16-,19-/m0/s1. The lowest BCUT2D eigenvalue weighted by atomic mass is 10.0. The second-order valence-corrected chi connectivity index (χ2v) is 7.84. The van der Waals surface area contributed by atoms with Gasteiger partial charge in [0.15, 0.2) is 0 Å². The predicted octanol–water partition coefficient (Wildman–Crippen LogP) is 2.20. The summed E-state index contributed by atoms with van der Waals surface area (Å²) >= 11 is 0. The molecule has 1 fully saturated rings. The van der Waals surface area contributed by atoms with Gasteiger partial charge in [-0.3, -0.25) is 4.79 Å². The van der Waals surface area contributed by atoms with Crippen molar-refractivity contribution in [2.45, 2.75) is 39.8 Å². The van der Waals surface area contributed by atoms with Crippen LogP contribution in [0.2, 0.25) is 0 Å². The lowest BCUT2D eigenvalue weighted by Gasteiger charge is -2.40. The van der Waals surface area contributed by atoms with Gasteiger partial charge in [0.2, 0.25) is 11.8 Å². The van der Waals surface area contributed by atoms with Crippen molar-refractivity contribution in [3.8, 4) is 11.6 Å². The molecule has 0 unspecified atom stereocenters. The first-order valence-corrected chi connectivity index (χ1v) is 9.93. The summed E-state index contributed by atoms with van der Waals surface area (Å²) in [7, 11) is 0. The molecule has 29 heavy (non-hydrogen) atoms. The molecular weight excluding hydrogens is 370 g/mol. The minimum absolute atomic E-state index is 0.0687. The Morgan fingerprint density at radius 1 is 1.21 bits per heavy atom. The maximum Gasteiger partial charge on any atom is 0.416 e.